The van der Waals surface area contributed by atoms with E-state index < -0.39 is 0 Å². The lowest BCUT2D eigenvalue weighted by molar-refractivity contribution is 0.669. The lowest BCUT2D eigenvalue weighted by Crippen LogP contribution is -1.91. The summed E-state index contributed by atoms with van der Waals surface area (Å²) in [5.74, 6) is 0.447. The van der Waals surface area contributed by atoms with Crippen LogP contribution in [0.3, 0.4) is 0 Å². The summed E-state index contributed by atoms with van der Waals surface area (Å²) in [6.45, 7) is 2.20. The molecular weight excluding hydrogens is 282 g/mol. The van der Waals surface area contributed by atoms with E-state index in [1.165, 1.54) is 32.9 Å². The second kappa shape index (κ2) is 4.39. The van der Waals surface area contributed by atoms with Gasteiger partial charge in [0.25, 0.3) is 0 Å². The molecule has 0 saturated carbocycles. The Balaban J connectivity index is 2.01. The van der Waals surface area contributed by atoms with Gasteiger partial charge >= 0.3 is 0 Å². The van der Waals surface area contributed by atoms with Crippen LogP contribution in [0.1, 0.15) is 18.2 Å². The average Bonchev–Trinajstić information content (AvgIpc) is 2.99. The van der Waals surface area contributed by atoms with Gasteiger partial charge in [0.15, 0.2) is 5.58 Å². The van der Waals surface area contributed by atoms with Crippen molar-refractivity contribution in [1.29, 1.82) is 0 Å². The molecule has 1 atom stereocenters. The summed E-state index contributed by atoms with van der Waals surface area (Å²) in [7, 11) is 2.13. The first-order valence-corrected chi connectivity index (χ1v) is 8.03. The first-order chi connectivity index (χ1) is 11.2. The Morgan fingerprint density at radius 1 is 1.00 bits per heavy atom. The molecule has 0 bridgehead atoms. The zero-order chi connectivity index (χ0) is 15.6. The van der Waals surface area contributed by atoms with E-state index in [1.54, 1.807) is 0 Å². The van der Waals surface area contributed by atoms with Crippen LogP contribution in [0.2, 0.25) is 0 Å². The van der Waals surface area contributed by atoms with Crippen molar-refractivity contribution in [1.82, 2.24) is 4.57 Å². The van der Waals surface area contributed by atoms with Crippen LogP contribution in [-0.2, 0) is 7.05 Å². The van der Waals surface area contributed by atoms with Crippen molar-refractivity contribution in [2.45, 2.75) is 6.92 Å². The molecule has 2 heterocycles. The largest absolute Gasteiger partial charge is 0.454 e. The van der Waals surface area contributed by atoms with Crippen LogP contribution in [0.5, 0.6) is 0 Å². The second-order valence-corrected chi connectivity index (χ2v) is 6.37. The minimum absolute atomic E-state index is 0.447. The molecule has 2 nitrogen and oxygen atoms in total. The number of hydrogen-bond donors (Lipinski definition) is 0. The molecule has 0 saturated heterocycles. The maximum atomic E-state index is 6.26. The zero-order valence-electron chi connectivity index (χ0n) is 13.2. The molecule has 0 N–H and O–H groups in total. The summed E-state index contributed by atoms with van der Waals surface area (Å²) in [4.78, 5) is 0. The molecular formula is C21H17NO. The normalized spacial score (nSPS) is 17.2. The van der Waals surface area contributed by atoms with Crippen LogP contribution in [0.4, 0.5) is 0 Å². The fourth-order valence-corrected chi connectivity index (χ4v) is 3.69. The molecule has 0 fully saturated rings. The van der Waals surface area contributed by atoms with Crippen molar-refractivity contribution in [2.75, 3.05) is 0 Å². The Morgan fingerprint density at radius 3 is 2.74 bits per heavy atom. The molecule has 2 heteroatoms. The first-order valence-electron chi connectivity index (χ1n) is 8.03. The summed E-state index contributed by atoms with van der Waals surface area (Å²) in [5, 5.41) is 3.71. The quantitative estimate of drug-likeness (QED) is 0.404. The molecule has 1 unspecified atom stereocenters. The summed E-state index contributed by atoms with van der Waals surface area (Å²) < 4.78 is 8.53. The Labute approximate surface area is 134 Å². The highest BCUT2D eigenvalue weighted by Crippen LogP contribution is 2.40. The summed E-state index contributed by atoms with van der Waals surface area (Å²) in [6.07, 6.45) is 8.88. The Bertz CT molecular complexity index is 1140. The number of nitrogens with zero attached hydrogens (tertiary/aromatic N) is 1. The third-order valence-corrected chi connectivity index (χ3v) is 4.90. The van der Waals surface area contributed by atoms with Gasteiger partial charge in [-0.1, -0.05) is 55.5 Å². The summed E-state index contributed by atoms with van der Waals surface area (Å²) in [5.41, 5.74) is 5.54. The van der Waals surface area contributed by atoms with Crippen molar-refractivity contribution in [3.63, 3.8) is 0 Å². The lowest BCUT2D eigenvalue weighted by Gasteiger charge is -2.03. The van der Waals surface area contributed by atoms with E-state index in [9.17, 15) is 0 Å². The highest BCUT2D eigenvalue weighted by molar-refractivity contribution is 6.19. The van der Waals surface area contributed by atoms with Gasteiger partial charge in [0.1, 0.15) is 5.58 Å². The third kappa shape index (κ3) is 1.63. The average molecular weight is 299 g/mol. The first kappa shape index (κ1) is 12.8. The maximum Gasteiger partial charge on any atom is 0.161 e. The summed E-state index contributed by atoms with van der Waals surface area (Å²) >= 11 is 0. The topological polar surface area (TPSA) is 18.1 Å². The van der Waals surface area contributed by atoms with Crippen molar-refractivity contribution >= 4 is 45.0 Å². The van der Waals surface area contributed by atoms with E-state index in [4.69, 9.17) is 4.42 Å². The molecule has 1 aliphatic carbocycles. The van der Waals surface area contributed by atoms with Gasteiger partial charge in [0.05, 0.1) is 16.6 Å². The highest BCUT2D eigenvalue weighted by Gasteiger charge is 2.21. The zero-order valence-corrected chi connectivity index (χ0v) is 13.2. The summed E-state index contributed by atoms with van der Waals surface area (Å²) in [6, 6.07) is 12.7. The SMILES string of the molecule is CC1C=Cc2c(n(C)c3c2oc2ccc4ccccc4c23)C=C1. The van der Waals surface area contributed by atoms with Gasteiger partial charge in [-0.05, 0) is 28.8 Å². The van der Waals surface area contributed by atoms with Crippen LogP contribution in [0, 0.1) is 5.92 Å². The molecule has 112 valence electrons. The fraction of sp³-hybridized carbons (Fsp3) is 0.143. The van der Waals surface area contributed by atoms with Crippen molar-refractivity contribution in [3.05, 3.63) is 59.8 Å². The smallest absolute Gasteiger partial charge is 0.161 e. The van der Waals surface area contributed by atoms with E-state index in [-0.39, 0.29) is 0 Å². The number of allylic oxidation sites excluding steroid dienone is 2. The van der Waals surface area contributed by atoms with E-state index in [0.29, 0.717) is 5.92 Å². The number of fused-ring (bicyclic) bond motifs is 7. The molecule has 1 aliphatic rings. The molecule has 2 aromatic heterocycles. The van der Waals surface area contributed by atoms with Crippen LogP contribution >= 0.6 is 0 Å². The molecule has 2 aromatic carbocycles. The molecule has 23 heavy (non-hydrogen) atoms. The number of rotatable bonds is 0. The monoisotopic (exact) mass is 299 g/mol. The minimum Gasteiger partial charge on any atom is -0.454 e. The van der Waals surface area contributed by atoms with Crippen molar-refractivity contribution in [2.24, 2.45) is 13.0 Å². The van der Waals surface area contributed by atoms with Gasteiger partial charge < -0.3 is 8.98 Å². The Kier molecular flexibility index (Phi) is 2.44. The van der Waals surface area contributed by atoms with Crippen LogP contribution in [0.25, 0.3) is 45.0 Å². The second-order valence-electron chi connectivity index (χ2n) is 6.37. The molecule has 4 aromatic rings. The standard InChI is InChI=1S/C21H17NO/c1-13-7-10-16-17(11-8-13)22(2)20-19-15-6-4-3-5-14(15)9-12-18(19)23-21(16)20/h3-13H,1-2H3. The van der Waals surface area contributed by atoms with Gasteiger partial charge in [0, 0.05) is 12.6 Å². The Morgan fingerprint density at radius 2 is 1.83 bits per heavy atom. The highest BCUT2D eigenvalue weighted by atomic mass is 16.3. The van der Waals surface area contributed by atoms with Gasteiger partial charge in [-0.15, -0.1) is 0 Å². The molecule has 5 rings (SSSR count). The molecule has 0 spiro atoms. The van der Waals surface area contributed by atoms with Gasteiger partial charge in [-0.3, -0.25) is 0 Å². The number of aromatic nitrogens is 1. The number of benzene rings is 2. The third-order valence-electron chi connectivity index (χ3n) is 4.90. The number of aryl methyl sites for hydroxylation is 1. The van der Waals surface area contributed by atoms with E-state index in [1.807, 2.05) is 0 Å². The fourth-order valence-electron chi connectivity index (χ4n) is 3.69. The Hall–Kier alpha value is -2.74. The van der Waals surface area contributed by atoms with Gasteiger partial charge in [-0.25, -0.2) is 0 Å². The van der Waals surface area contributed by atoms with Crippen LogP contribution < -0.4 is 0 Å². The van der Waals surface area contributed by atoms with Crippen LogP contribution in [-0.4, -0.2) is 4.57 Å². The molecule has 0 aliphatic heterocycles. The maximum absolute atomic E-state index is 6.26. The van der Waals surface area contributed by atoms with Crippen LogP contribution in [0.15, 0.2) is 53.0 Å². The van der Waals surface area contributed by atoms with E-state index in [0.717, 1.165) is 11.2 Å². The number of furan rings is 1. The molecule has 0 amide bonds. The van der Waals surface area contributed by atoms with E-state index in [2.05, 4.69) is 79.2 Å². The minimum atomic E-state index is 0.447. The van der Waals surface area contributed by atoms with Crippen molar-refractivity contribution < 1.29 is 4.42 Å². The number of hydrogen-bond acceptors (Lipinski definition) is 1. The van der Waals surface area contributed by atoms with Gasteiger partial charge in [-0.2, -0.15) is 0 Å². The lowest BCUT2D eigenvalue weighted by atomic mass is 10.1. The molecule has 0 radical (unpaired) electrons. The predicted octanol–water partition coefficient (Wildman–Crippen LogP) is 5.75. The van der Waals surface area contributed by atoms with Crippen molar-refractivity contribution in [3.8, 4) is 0 Å². The predicted molar refractivity (Wildman–Crippen MR) is 97.4 cm³/mol. The van der Waals surface area contributed by atoms with Gasteiger partial charge in [0.2, 0.25) is 0 Å². The van der Waals surface area contributed by atoms with E-state index >= 15 is 0 Å².